The van der Waals surface area contributed by atoms with Crippen LogP contribution in [0.25, 0.3) is 0 Å². The van der Waals surface area contributed by atoms with Crippen molar-refractivity contribution in [2.45, 2.75) is 19.4 Å². The molecule has 0 spiro atoms. The Labute approximate surface area is 55.2 Å². The number of aliphatic imine (C=N–C) groups is 1. The molecule has 2 nitrogen and oxygen atoms in total. The summed E-state index contributed by atoms with van der Waals surface area (Å²) in [6, 6.07) is 0. The first-order valence-corrected chi connectivity index (χ1v) is 3.06. The Morgan fingerprint density at radius 1 is 1.78 bits per heavy atom. The topological polar surface area (TPSA) is 21.6 Å². The second-order valence-electron chi connectivity index (χ2n) is 2.12. The molecule has 0 radical (unpaired) electrons. The molecule has 0 aromatic rings. The van der Waals surface area contributed by atoms with Crippen LogP contribution in [0.5, 0.6) is 0 Å². The van der Waals surface area contributed by atoms with Gasteiger partial charge in [-0.05, 0) is 13.3 Å². The van der Waals surface area contributed by atoms with E-state index in [1.54, 1.807) is 7.11 Å². The first kappa shape index (κ1) is 6.49. The molecule has 0 aromatic heterocycles. The maximum Gasteiger partial charge on any atom is 0.0983 e. The minimum Gasteiger partial charge on any atom is -0.375 e. The first-order valence-electron chi connectivity index (χ1n) is 3.06. The number of hydrogen-bond donors (Lipinski definition) is 0. The highest BCUT2D eigenvalue weighted by atomic mass is 16.5. The molecule has 1 aliphatic heterocycles. The highest BCUT2D eigenvalue weighted by Gasteiger charge is 2.10. The molecule has 2 heteroatoms. The van der Waals surface area contributed by atoms with Crippen LogP contribution >= 0.6 is 0 Å². The second-order valence-corrected chi connectivity index (χ2v) is 2.12. The van der Waals surface area contributed by atoms with Crippen molar-refractivity contribution in [1.29, 1.82) is 0 Å². The van der Waals surface area contributed by atoms with Gasteiger partial charge in [0.25, 0.3) is 0 Å². The lowest BCUT2D eigenvalue weighted by Gasteiger charge is -2.14. The fraction of sp³-hybridized carbons (Fsp3) is 0.571. The van der Waals surface area contributed by atoms with Gasteiger partial charge in [-0.15, -0.1) is 0 Å². The first-order chi connectivity index (χ1) is 4.34. The summed E-state index contributed by atoms with van der Waals surface area (Å²) >= 11 is 0. The van der Waals surface area contributed by atoms with Crippen LogP contribution in [0.1, 0.15) is 13.3 Å². The molecular formula is C7H11NO. The van der Waals surface area contributed by atoms with Crippen LogP contribution in [0.15, 0.2) is 17.3 Å². The van der Waals surface area contributed by atoms with Gasteiger partial charge in [0.2, 0.25) is 0 Å². The van der Waals surface area contributed by atoms with Crippen molar-refractivity contribution in [2.75, 3.05) is 7.11 Å². The van der Waals surface area contributed by atoms with Gasteiger partial charge in [-0.25, -0.2) is 0 Å². The van der Waals surface area contributed by atoms with Gasteiger partial charge in [-0.3, -0.25) is 4.99 Å². The standard InChI is InChI=1S/C7H11NO/c1-6-7(9-2)4-3-5-8-6/h3,5,7H,4H2,1-2H3. The van der Waals surface area contributed by atoms with E-state index >= 15 is 0 Å². The third kappa shape index (κ3) is 1.39. The molecule has 0 saturated heterocycles. The molecule has 0 bridgehead atoms. The quantitative estimate of drug-likeness (QED) is 0.518. The SMILES string of the molecule is COC1CC=CN=C1C. The highest BCUT2D eigenvalue weighted by Crippen LogP contribution is 2.06. The van der Waals surface area contributed by atoms with Gasteiger partial charge < -0.3 is 4.74 Å². The van der Waals surface area contributed by atoms with Crippen molar-refractivity contribution >= 4 is 5.71 Å². The Morgan fingerprint density at radius 2 is 2.56 bits per heavy atom. The minimum atomic E-state index is 0.218. The van der Waals surface area contributed by atoms with E-state index in [4.69, 9.17) is 4.74 Å². The second kappa shape index (κ2) is 2.78. The minimum absolute atomic E-state index is 0.218. The average molecular weight is 125 g/mol. The van der Waals surface area contributed by atoms with Crippen LogP contribution < -0.4 is 0 Å². The Hall–Kier alpha value is -0.630. The molecule has 1 aliphatic rings. The predicted octanol–water partition coefficient (Wildman–Crippen LogP) is 1.38. The molecule has 0 saturated carbocycles. The molecule has 0 aromatic carbocycles. The van der Waals surface area contributed by atoms with Crippen LogP contribution in [0, 0.1) is 0 Å². The number of nitrogens with zero attached hydrogens (tertiary/aromatic N) is 1. The van der Waals surface area contributed by atoms with Gasteiger partial charge in [0.1, 0.15) is 0 Å². The van der Waals surface area contributed by atoms with Gasteiger partial charge in [0, 0.05) is 19.0 Å². The number of hydrogen-bond acceptors (Lipinski definition) is 2. The van der Waals surface area contributed by atoms with E-state index in [0.717, 1.165) is 12.1 Å². The van der Waals surface area contributed by atoms with Gasteiger partial charge in [0.05, 0.1) is 6.10 Å². The lowest BCUT2D eigenvalue weighted by atomic mass is 10.1. The fourth-order valence-corrected chi connectivity index (χ4v) is 0.875. The van der Waals surface area contributed by atoms with Crippen molar-refractivity contribution in [3.63, 3.8) is 0 Å². The maximum atomic E-state index is 5.12. The largest absolute Gasteiger partial charge is 0.375 e. The third-order valence-corrected chi connectivity index (χ3v) is 1.48. The molecular weight excluding hydrogens is 114 g/mol. The lowest BCUT2D eigenvalue weighted by Crippen LogP contribution is -2.20. The van der Waals surface area contributed by atoms with Gasteiger partial charge in [-0.1, -0.05) is 6.08 Å². The van der Waals surface area contributed by atoms with E-state index in [0.29, 0.717) is 0 Å². The van der Waals surface area contributed by atoms with E-state index in [9.17, 15) is 0 Å². The van der Waals surface area contributed by atoms with E-state index in [-0.39, 0.29) is 6.10 Å². The van der Waals surface area contributed by atoms with Crippen molar-refractivity contribution in [1.82, 2.24) is 0 Å². The molecule has 1 atom stereocenters. The van der Waals surface area contributed by atoms with Crippen LogP contribution in [-0.4, -0.2) is 18.9 Å². The summed E-state index contributed by atoms with van der Waals surface area (Å²) in [6.07, 6.45) is 5.02. The fourth-order valence-electron chi connectivity index (χ4n) is 0.875. The van der Waals surface area contributed by atoms with E-state index < -0.39 is 0 Å². The molecule has 1 rings (SSSR count). The van der Waals surface area contributed by atoms with Crippen LogP contribution in [0.2, 0.25) is 0 Å². The van der Waals surface area contributed by atoms with Crippen LogP contribution in [0.3, 0.4) is 0 Å². The number of rotatable bonds is 1. The summed E-state index contributed by atoms with van der Waals surface area (Å²) < 4.78 is 5.12. The van der Waals surface area contributed by atoms with Crippen molar-refractivity contribution in [3.05, 3.63) is 12.3 Å². The number of methoxy groups -OCH3 is 1. The van der Waals surface area contributed by atoms with Crippen molar-refractivity contribution in [2.24, 2.45) is 4.99 Å². The van der Waals surface area contributed by atoms with E-state index in [1.807, 2.05) is 19.2 Å². The zero-order valence-electron chi connectivity index (χ0n) is 5.79. The molecule has 1 heterocycles. The molecule has 0 aliphatic carbocycles. The molecule has 0 N–H and O–H groups in total. The van der Waals surface area contributed by atoms with Gasteiger partial charge in [-0.2, -0.15) is 0 Å². The van der Waals surface area contributed by atoms with Crippen molar-refractivity contribution < 1.29 is 4.74 Å². The number of ether oxygens (including phenoxy) is 1. The summed E-state index contributed by atoms with van der Waals surface area (Å²) in [4.78, 5) is 4.09. The Morgan fingerprint density at radius 3 is 3.00 bits per heavy atom. The molecule has 50 valence electrons. The monoisotopic (exact) mass is 125 g/mol. The van der Waals surface area contributed by atoms with E-state index in [2.05, 4.69) is 4.99 Å². The van der Waals surface area contributed by atoms with Crippen LogP contribution in [-0.2, 0) is 4.74 Å². The van der Waals surface area contributed by atoms with Gasteiger partial charge in [0.15, 0.2) is 0 Å². The van der Waals surface area contributed by atoms with E-state index in [1.165, 1.54) is 0 Å². The van der Waals surface area contributed by atoms with Crippen molar-refractivity contribution in [3.8, 4) is 0 Å². The Bertz CT molecular complexity index is 149. The van der Waals surface area contributed by atoms with Gasteiger partial charge >= 0.3 is 0 Å². The normalized spacial score (nSPS) is 26.0. The lowest BCUT2D eigenvalue weighted by molar-refractivity contribution is 0.156. The third-order valence-electron chi connectivity index (χ3n) is 1.48. The average Bonchev–Trinajstić information content (AvgIpc) is 1.89. The van der Waals surface area contributed by atoms with Crippen LogP contribution in [0.4, 0.5) is 0 Å². The molecule has 0 fully saturated rings. The smallest absolute Gasteiger partial charge is 0.0983 e. The molecule has 1 unspecified atom stereocenters. The Balaban J connectivity index is 2.59. The maximum absolute atomic E-state index is 5.12. The Kier molecular flexibility index (Phi) is 2.01. The summed E-state index contributed by atoms with van der Waals surface area (Å²) in [5, 5.41) is 0. The molecule has 9 heavy (non-hydrogen) atoms. The summed E-state index contributed by atoms with van der Waals surface area (Å²) in [6.45, 7) is 1.98. The summed E-state index contributed by atoms with van der Waals surface area (Å²) in [5.74, 6) is 0. The zero-order valence-corrected chi connectivity index (χ0v) is 5.79. The summed E-state index contributed by atoms with van der Waals surface area (Å²) in [5.41, 5.74) is 1.07. The molecule has 0 amide bonds. The predicted molar refractivity (Wildman–Crippen MR) is 37.7 cm³/mol. The summed E-state index contributed by atoms with van der Waals surface area (Å²) in [7, 11) is 1.71. The highest BCUT2D eigenvalue weighted by molar-refractivity contribution is 5.87. The zero-order chi connectivity index (χ0) is 6.69.